The summed E-state index contributed by atoms with van der Waals surface area (Å²) in [6, 6.07) is 0. The molecule has 154 valence electrons. The van der Waals surface area contributed by atoms with Crippen LogP contribution in [0.4, 0.5) is 0 Å². The molecule has 4 rings (SSSR count). The van der Waals surface area contributed by atoms with Crippen LogP contribution in [-0.2, 0) is 17.9 Å². The molecule has 0 atom stereocenters. The summed E-state index contributed by atoms with van der Waals surface area (Å²) in [7, 11) is 0. The van der Waals surface area contributed by atoms with Gasteiger partial charge in [-0.3, -0.25) is 24.2 Å². The van der Waals surface area contributed by atoms with Crippen molar-refractivity contribution in [2.75, 3.05) is 19.6 Å². The first-order valence-corrected chi connectivity index (χ1v) is 10.3. The average Bonchev–Trinajstić information content (AvgIpc) is 3.22. The van der Waals surface area contributed by atoms with Crippen LogP contribution in [0, 0.1) is 12.3 Å². The highest BCUT2D eigenvalue weighted by atomic mass is 16.2. The highest BCUT2D eigenvalue weighted by Crippen LogP contribution is 2.40. The van der Waals surface area contributed by atoms with E-state index < -0.39 is 0 Å². The van der Waals surface area contributed by atoms with Crippen LogP contribution in [0.5, 0.6) is 0 Å². The van der Waals surface area contributed by atoms with Gasteiger partial charge in [0.05, 0.1) is 35.9 Å². The van der Waals surface area contributed by atoms with Crippen LogP contribution in [0.25, 0.3) is 0 Å². The number of carbonyl (C=O) groups excluding carboxylic acids is 2. The Bertz CT molecular complexity index is 883. The van der Waals surface area contributed by atoms with Crippen molar-refractivity contribution in [1.82, 2.24) is 29.5 Å². The zero-order chi connectivity index (χ0) is 20.4. The van der Waals surface area contributed by atoms with Crippen molar-refractivity contribution in [3.05, 3.63) is 41.7 Å². The maximum Gasteiger partial charge on any atom is 0.257 e. The van der Waals surface area contributed by atoms with Crippen LogP contribution >= 0.6 is 0 Å². The molecule has 2 aliphatic rings. The minimum atomic E-state index is 0.0539. The molecule has 2 aromatic heterocycles. The fraction of sp³-hybridized carbons (Fsp3) is 0.571. The van der Waals surface area contributed by atoms with Gasteiger partial charge < -0.3 is 9.80 Å². The van der Waals surface area contributed by atoms with Crippen LogP contribution < -0.4 is 0 Å². The number of aryl methyl sites for hydroxylation is 2. The van der Waals surface area contributed by atoms with Crippen molar-refractivity contribution in [3.8, 4) is 0 Å². The van der Waals surface area contributed by atoms with Gasteiger partial charge in [0.25, 0.3) is 5.91 Å². The fourth-order valence-electron chi connectivity index (χ4n) is 4.36. The van der Waals surface area contributed by atoms with Crippen LogP contribution in [-0.4, -0.2) is 61.0 Å². The van der Waals surface area contributed by atoms with E-state index in [1.165, 1.54) is 0 Å². The van der Waals surface area contributed by atoms with Gasteiger partial charge in [-0.25, -0.2) is 0 Å². The van der Waals surface area contributed by atoms with Crippen LogP contribution in [0.3, 0.4) is 0 Å². The number of likely N-dealkylation sites (tertiary alicyclic amines) is 2. The second-order valence-electron chi connectivity index (χ2n) is 8.28. The molecular weight excluding hydrogens is 368 g/mol. The number of nitrogens with zero attached hydrogens (tertiary/aromatic N) is 6. The lowest BCUT2D eigenvalue weighted by atomic mass is 9.72. The van der Waals surface area contributed by atoms with E-state index >= 15 is 0 Å². The van der Waals surface area contributed by atoms with E-state index in [4.69, 9.17) is 0 Å². The van der Waals surface area contributed by atoms with Gasteiger partial charge in [0, 0.05) is 45.0 Å². The molecule has 0 radical (unpaired) electrons. The Morgan fingerprint density at radius 1 is 1.14 bits per heavy atom. The maximum absolute atomic E-state index is 12.8. The van der Waals surface area contributed by atoms with Crippen LogP contribution in [0.1, 0.15) is 54.4 Å². The van der Waals surface area contributed by atoms with Gasteiger partial charge >= 0.3 is 0 Å². The first-order chi connectivity index (χ1) is 14.0. The van der Waals surface area contributed by atoms with Crippen molar-refractivity contribution in [1.29, 1.82) is 0 Å². The average molecular weight is 396 g/mol. The summed E-state index contributed by atoms with van der Waals surface area (Å²) >= 11 is 0. The van der Waals surface area contributed by atoms with Crippen molar-refractivity contribution in [2.45, 2.75) is 52.6 Å². The molecule has 2 amide bonds. The SMILES string of the molecule is CCn1cc(C(=O)N2CCC3(CCC(=O)N(Cc4cnc(C)cn4)C3)CC2)cn1. The summed E-state index contributed by atoms with van der Waals surface area (Å²) in [5.41, 5.74) is 2.44. The molecule has 29 heavy (non-hydrogen) atoms. The Morgan fingerprint density at radius 3 is 2.59 bits per heavy atom. The lowest BCUT2D eigenvalue weighted by molar-refractivity contribution is -0.139. The molecule has 0 aliphatic carbocycles. The number of hydrogen-bond acceptors (Lipinski definition) is 5. The Balaban J connectivity index is 1.38. The molecule has 0 aromatic carbocycles. The van der Waals surface area contributed by atoms with Gasteiger partial charge in [0.15, 0.2) is 0 Å². The van der Waals surface area contributed by atoms with Crippen LogP contribution in [0.15, 0.2) is 24.8 Å². The van der Waals surface area contributed by atoms with E-state index in [9.17, 15) is 9.59 Å². The van der Waals surface area contributed by atoms with Crippen molar-refractivity contribution in [3.63, 3.8) is 0 Å². The first kappa shape index (κ1) is 19.5. The second-order valence-corrected chi connectivity index (χ2v) is 8.28. The number of hydrogen-bond donors (Lipinski definition) is 0. The largest absolute Gasteiger partial charge is 0.339 e. The number of carbonyl (C=O) groups is 2. The summed E-state index contributed by atoms with van der Waals surface area (Å²) < 4.78 is 1.78. The predicted octanol–water partition coefficient (Wildman–Crippen LogP) is 2.05. The van der Waals surface area contributed by atoms with Crippen molar-refractivity contribution in [2.24, 2.45) is 5.41 Å². The Hall–Kier alpha value is -2.77. The van der Waals surface area contributed by atoms with Gasteiger partial charge in [-0.1, -0.05) is 0 Å². The lowest BCUT2D eigenvalue weighted by Crippen LogP contribution is -2.52. The lowest BCUT2D eigenvalue weighted by Gasteiger charge is -2.47. The van der Waals surface area contributed by atoms with Gasteiger partial charge in [-0.2, -0.15) is 5.10 Å². The van der Waals surface area contributed by atoms with E-state index in [0.717, 1.165) is 56.8 Å². The monoisotopic (exact) mass is 396 g/mol. The summed E-state index contributed by atoms with van der Waals surface area (Å²) in [6.45, 7) is 7.35. The normalized spacial score (nSPS) is 19.0. The smallest absolute Gasteiger partial charge is 0.257 e. The molecule has 1 spiro atoms. The molecular formula is C21H28N6O2. The molecule has 8 heteroatoms. The van der Waals surface area contributed by atoms with Gasteiger partial charge in [0.2, 0.25) is 5.91 Å². The topological polar surface area (TPSA) is 84.2 Å². The maximum atomic E-state index is 12.8. The van der Waals surface area contributed by atoms with Crippen molar-refractivity contribution >= 4 is 11.8 Å². The Labute approximate surface area is 170 Å². The minimum absolute atomic E-state index is 0.0539. The molecule has 2 fully saturated rings. The molecule has 2 aromatic rings. The van der Waals surface area contributed by atoms with Crippen LogP contribution in [0.2, 0.25) is 0 Å². The summed E-state index contributed by atoms with van der Waals surface area (Å²) in [5, 5.41) is 4.21. The molecule has 0 N–H and O–H groups in total. The summed E-state index contributed by atoms with van der Waals surface area (Å²) in [4.78, 5) is 37.8. The molecule has 8 nitrogen and oxygen atoms in total. The number of amides is 2. The van der Waals surface area contributed by atoms with Gasteiger partial charge in [0.1, 0.15) is 0 Å². The fourth-order valence-corrected chi connectivity index (χ4v) is 4.36. The molecule has 0 saturated carbocycles. The van der Waals surface area contributed by atoms with E-state index in [-0.39, 0.29) is 17.2 Å². The zero-order valence-electron chi connectivity index (χ0n) is 17.2. The highest BCUT2D eigenvalue weighted by Gasteiger charge is 2.42. The van der Waals surface area contributed by atoms with E-state index in [1.807, 2.05) is 29.8 Å². The molecule has 2 saturated heterocycles. The molecule has 4 heterocycles. The summed E-state index contributed by atoms with van der Waals surface area (Å²) in [6.07, 6.45) is 10.3. The number of piperidine rings is 2. The Morgan fingerprint density at radius 2 is 1.93 bits per heavy atom. The first-order valence-electron chi connectivity index (χ1n) is 10.3. The third-order valence-electron chi connectivity index (χ3n) is 6.25. The Kier molecular flexibility index (Phi) is 5.34. The molecule has 0 bridgehead atoms. The van der Waals surface area contributed by atoms with E-state index in [1.54, 1.807) is 23.3 Å². The van der Waals surface area contributed by atoms with E-state index in [2.05, 4.69) is 15.1 Å². The highest BCUT2D eigenvalue weighted by molar-refractivity contribution is 5.93. The second kappa shape index (κ2) is 7.93. The van der Waals surface area contributed by atoms with Gasteiger partial charge in [-0.15, -0.1) is 0 Å². The minimum Gasteiger partial charge on any atom is -0.339 e. The van der Waals surface area contributed by atoms with E-state index in [0.29, 0.717) is 18.5 Å². The predicted molar refractivity (Wildman–Crippen MR) is 107 cm³/mol. The van der Waals surface area contributed by atoms with Gasteiger partial charge in [-0.05, 0) is 38.5 Å². The molecule has 0 unspecified atom stereocenters. The zero-order valence-corrected chi connectivity index (χ0v) is 17.2. The number of aromatic nitrogens is 4. The quantitative estimate of drug-likeness (QED) is 0.790. The number of rotatable bonds is 4. The molecule has 2 aliphatic heterocycles. The third-order valence-corrected chi connectivity index (χ3v) is 6.25. The standard InChI is InChI=1S/C21H28N6O2/c1-3-27-13-17(11-24-27)20(29)25-8-6-21(7-9-25)5-4-19(28)26(15-21)14-18-12-22-16(2)10-23-18/h10-13H,3-9,14-15H2,1-2H3. The summed E-state index contributed by atoms with van der Waals surface area (Å²) in [5.74, 6) is 0.238. The third kappa shape index (κ3) is 4.16. The van der Waals surface area contributed by atoms with Crippen molar-refractivity contribution < 1.29 is 9.59 Å².